The molecule has 0 fully saturated rings. The summed E-state index contributed by atoms with van der Waals surface area (Å²) in [5.41, 5.74) is -1.88. The number of alkyl carbamates (subject to hydrolysis) is 1. The fourth-order valence-corrected chi connectivity index (χ4v) is 2.37. The van der Waals surface area contributed by atoms with Gasteiger partial charge in [0, 0.05) is 27.1 Å². The number of halogens is 4. The molecule has 1 aromatic carbocycles. The van der Waals surface area contributed by atoms with Crippen LogP contribution < -0.4 is 10.6 Å². The summed E-state index contributed by atoms with van der Waals surface area (Å²) in [5.74, 6) is -6.51. The molecular weight excluding hydrogens is 384 g/mol. The zero-order valence-corrected chi connectivity index (χ0v) is 15.8. The van der Waals surface area contributed by atoms with Crippen LogP contribution in [0.1, 0.15) is 43.7 Å². The van der Waals surface area contributed by atoms with Crippen molar-refractivity contribution in [1.29, 1.82) is 0 Å². The van der Waals surface area contributed by atoms with Gasteiger partial charge in [-0.2, -0.15) is 0 Å². The summed E-state index contributed by atoms with van der Waals surface area (Å²) < 4.78 is 64.5. The Kier molecular flexibility index (Phi) is 10.3. The van der Waals surface area contributed by atoms with Gasteiger partial charge >= 0.3 is 6.09 Å². The molecule has 10 heteroatoms. The van der Waals surface area contributed by atoms with Gasteiger partial charge in [-0.1, -0.05) is 12.8 Å². The maximum Gasteiger partial charge on any atom is 0.407 e. The Bertz CT molecular complexity index is 657. The summed E-state index contributed by atoms with van der Waals surface area (Å²) in [4.78, 5) is 22.2. The van der Waals surface area contributed by atoms with Crippen molar-refractivity contribution in [2.45, 2.75) is 45.8 Å². The van der Waals surface area contributed by atoms with Crippen molar-refractivity contribution in [3.8, 4) is 0 Å². The highest BCUT2D eigenvalue weighted by Crippen LogP contribution is 2.25. The van der Waals surface area contributed by atoms with E-state index in [1.54, 1.807) is 0 Å². The molecule has 0 radical (unpaired) electrons. The maximum atomic E-state index is 13.9. The molecular formula is C18H24F4N2O4. The molecule has 2 N–H and O–H groups in total. The molecule has 0 unspecified atom stereocenters. The first-order chi connectivity index (χ1) is 13.3. The first kappa shape index (κ1) is 23.7. The zero-order chi connectivity index (χ0) is 21.1. The van der Waals surface area contributed by atoms with Crippen LogP contribution >= 0.6 is 0 Å². The second-order valence-electron chi connectivity index (χ2n) is 6.05. The molecule has 1 rings (SSSR count). The van der Waals surface area contributed by atoms with Gasteiger partial charge in [0.05, 0.1) is 17.7 Å². The van der Waals surface area contributed by atoms with E-state index in [0.717, 1.165) is 26.4 Å². The van der Waals surface area contributed by atoms with Crippen LogP contribution in [0.5, 0.6) is 0 Å². The van der Waals surface area contributed by atoms with Gasteiger partial charge in [-0.05, 0) is 12.8 Å². The molecule has 6 nitrogen and oxygen atoms in total. The highest BCUT2D eigenvalue weighted by Gasteiger charge is 2.25. The lowest BCUT2D eigenvalue weighted by Crippen LogP contribution is -2.26. The molecule has 2 amide bonds. The quantitative estimate of drug-likeness (QED) is 0.335. The van der Waals surface area contributed by atoms with Crippen molar-refractivity contribution in [2.75, 3.05) is 20.2 Å². The van der Waals surface area contributed by atoms with Crippen molar-refractivity contribution >= 4 is 12.0 Å². The van der Waals surface area contributed by atoms with Gasteiger partial charge < -0.3 is 20.1 Å². The Hall–Kier alpha value is -2.36. The Balaban J connectivity index is 2.40. The van der Waals surface area contributed by atoms with Gasteiger partial charge in [-0.3, -0.25) is 4.79 Å². The molecule has 0 heterocycles. The molecule has 0 aromatic heterocycles. The highest BCUT2D eigenvalue weighted by atomic mass is 19.2. The van der Waals surface area contributed by atoms with Gasteiger partial charge in [0.1, 0.15) is 6.61 Å². The number of amides is 2. The minimum absolute atomic E-state index is 0.0922. The number of nitrogens with one attached hydrogen (secondary N) is 2. The number of carbonyl (C=O) groups excluding carboxylic acids is 2. The number of rotatable bonds is 11. The van der Waals surface area contributed by atoms with Gasteiger partial charge in [-0.15, -0.1) is 0 Å². The molecule has 0 aliphatic rings. The van der Waals surface area contributed by atoms with Crippen LogP contribution in [0.3, 0.4) is 0 Å². The molecule has 0 bridgehead atoms. The smallest absolute Gasteiger partial charge is 0.407 e. The van der Waals surface area contributed by atoms with E-state index in [1.165, 1.54) is 6.92 Å². The van der Waals surface area contributed by atoms with E-state index in [-0.39, 0.29) is 12.5 Å². The Morgan fingerprint density at radius 2 is 1.25 bits per heavy atom. The lowest BCUT2D eigenvalue weighted by atomic mass is 10.1. The van der Waals surface area contributed by atoms with E-state index in [1.807, 2.05) is 0 Å². The van der Waals surface area contributed by atoms with Crippen LogP contribution in [0.25, 0.3) is 0 Å². The van der Waals surface area contributed by atoms with Crippen LogP contribution in [0.15, 0.2) is 0 Å². The lowest BCUT2D eigenvalue weighted by molar-refractivity contribution is -0.118. The molecule has 0 aliphatic carbocycles. The number of carbonyl (C=O) groups is 2. The topological polar surface area (TPSA) is 76.7 Å². The molecule has 0 saturated carbocycles. The summed E-state index contributed by atoms with van der Waals surface area (Å²) in [7, 11) is 1.12. The summed E-state index contributed by atoms with van der Waals surface area (Å²) in [6.45, 7) is 0.681. The van der Waals surface area contributed by atoms with Crippen molar-refractivity contribution in [3.63, 3.8) is 0 Å². The average molecular weight is 408 g/mol. The summed E-state index contributed by atoms with van der Waals surface area (Å²) in [6.07, 6.45) is 2.12. The second kappa shape index (κ2) is 12.2. The molecule has 0 saturated heterocycles. The van der Waals surface area contributed by atoms with Crippen LogP contribution in [0.4, 0.5) is 22.4 Å². The average Bonchev–Trinajstić information content (AvgIpc) is 2.65. The zero-order valence-electron chi connectivity index (χ0n) is 15.8. The number of hydrogen-bond donors (Lipinski definition) is 2. The Labute approximate surface area is 160 Å². The number of benzene rings is 1. The van der Waals surface area contributed by atoms with Crippen molar-refractivity contribution < 1.29 is 36.6 Å². The van der Waals surface area contributed by atoms with Gasteiger partial charge in [0.25, 0.3) is 0 Å². The van der Waals surface area contributed by atoms with Crippen molar-refractivity contribution in [3.05, 3.63) is 34.4 Å². The molecule has 28 heavy (non-hydrogen) atoms. The predicted molar refractivity (Wildman–Crippen MR) is 92.3 cm³/mol. The third-order valence-electron chi connectivity index (χ3n) is 3.83. The fraction of sp³-hybridized carbons (Fsp3) is 0.556. The van der Waals surface area contributed by atoms with E-state index in [4.69, 9.17) is 0 Å². The SMILES string of the molecule is COCc1c(F)c(F)c(COC(=O)NCCCCCCNC(C)=O)c(F)c1F. The van der Waals surface area contributed by atoms with Gasteiger partial charge in [0.15, 0.2) is 23.3 Å². The summed E-state index contributed by atoms with van der Waals surface area (Å²) in [5, 5.41) is 5.04. The standard InChI is InChI=1S/C18H24F4N2O4/c1-11(25)23-7-5-3-4-6-8-24-18(26)28-10-13-16(21)14(19)12(9-27-2)15(20)17(13)22/h3-10H2,1-2H3,(H,23,25)(H,24,26). The minimum Gasteiger partial charge on any atom is -0.444 e. The summed E-state index contributed by atoms with van der Waals surface area (Å²) in [6, 6.07) is 0. The number of ether oxygens (including phenoxy) is 2. The fourth-order valence-electron chi connectivity index (χ4n) is 2.37. The predicted octanol–water partition coefficient (Wildman–Crippen LogP) is 3.31. The number of unbranched alkanes of at least 4 members (excludes halogenated alkanes) is 3. The Morgan fingerprint density at radius 3 is 1.71 bits per heavy atom. The van der Waals surface area contributed by atoms with E-state index in [2.05, 4.69) is 20.1 Å². The minimum atomic E-state index is -1.63. The third kappa shape index (κ3) is 7.34. The van der Waals surface area contributed by atoms with E-state index in [0.29, 0.717) is 13.0 Å². The maximum absolute atomic E-state index is 13.9. The van der Waals surface area contributed by atoms with Crippen LogP contribution in [-0.4, -0.2) is 32.2 Å². The van der Waals surface area contributed by atoms with Crippen molar-refractivity contribution in [1.82, 2.24) is 10.6 Å². The third-order valence-corrected chi connectivity index (χ3v) is 3.83. The monoisotopic (exact) mass is 408 g/mol. The molecule has 0 aliphatic heterocycles. The highest BCUT2D eigenvalue weighted by molar-refractivity contribution is 5.72. The molecule has 158 valence electrons. The number of methoxy groups -OCH3 is 1. The molecule has 0 atom stereocenters. The largest absolute Gasteiger partial charge is 0.444 e. The molecule has 1 aromatic rings. The summed E-state index contributed by atoms with van der Waals surface area (Å²) >= 11 is 0. The van der Waals surface area contributed by atoms with Crippen molar-refractivity contribution in [2.24, 2.45) is 0 Å². The molecule has 0 spiro atoms. The first-order valence-corrected chi connectivity index (χ1v) is 8.77. The lowest BCUT2D eigenvalue weighted by Gasteiger charge is -2.12. The van der Waals surface area contributed by atoms with Gasteiger partial charge in [0.2, 0.25) is 5.91 Å². The van der Waals surface area contributed by atoms with Crippen LogP contribution in [0.2, 0.25) is 0 Å². The van der Waals surface area contributed by atoms with Gasteiger partial charge in [-0.25, -0.2) is 22.4 Å². The van der Waals surface area contributed by atoms with E-state index in [9.17, 15) is 27.2 Å². The number of hydrogen-bond acceptors (Lipinski definition) is 4. The van der Waals surface area contributed by atoms with E-state index < -0.39 is 53.7 Å². The second-order valence-corrected chi connectivity index (χ2v) is 6.05. The Morgan fingerprint density at radius 1 is 0.786 bits per heavy atom. The van der Waals surface area contributed by atoms with Crippen LogP contribution in [0, 0.1) is 23.3 Å². The van der Waals surface area contributed by atoms with Crippen LogP contribution in [-0.2, 0) is 27.5 Å². The van der Waals surface area contributed by atoms with E-state index >= 15 is 0 Å². The normalized spacial score (nSPS) is 10.6. The first-order valence-electron chi connectivity index (χ1n) is 8.77.